The van der Waals surface area contributed by atoms with Crippen LogP contribution in [0.2, 0.25) is 10.0 Å². The molecular weight excluding hydrogens is 327 g/mol. The van der Waals surface area contributed by atoms with Crippen LogP contribution in [0.15, 0.2) is 12.1 Å². The maximum Gasteiger partial charge on any atom is 0.224 e. The molecule has 1 aromatic carbocycles. The maximum absolute atomic E-state index is 11.9. The molecule has 0 atom stereocenters. The molecule has 2 rings (SSSR count). The van der Waals surface area contributed by atoms with E-state index in [9.17, 15) is 4.79 Å². The first-order valence-corrected chi connectivity index (χ1v) is 9.02. The highest BCUT2D eigenvalue weighted by Crippen LogP contribution is 2.33. The Kier molecular flexibility index (Phi) is 6.52. The molecule has 0 heterocycles. The number of halogens is 2. The van der Waals surface area contributed by atoms with Crippen molar-refractivity contribution in [3.8, 4) is 0 Å². The van der Waals surface area contributed by atoms with Gasteiger partial charge in [-0.2, -0.15) is 11.8 Å². The van der Waals surface area contributed by atoms with Crippen LogP contribution in [0.25, 0.3) is 0 Å². The molecule has 0 saturated heterocycles. The van der Waals surface area contributed by atoms with Crippen molar-refractivity contribution in [1.29, 1.82) is 0 Å². The minimum Gasteiger partial charge on any atom is -0.399 e. The summed E-state index contributed by atoms with van der Waals surface area (Å²) in [5, 5.41) is 4.30. The minimum absolute atomic E-state index is 0.0596. The summed E-state index contributed by atoms with van der Waals surface area (Å²) in [6.07, 6.45) is 6.72. The van der Waals surface area contributed by atoms with Gasteiger partial charge in [0.1, 0.15) is 0 Å². The molecular formula is C15H20Cl2N2OS. The van der Waals surface area contributed by atoms with E-state index in [1.807, 2.05) is 11.8 Å². The predicted octanol–water partition coefficient (Wildman–Crippen LogP) is 4.97. The van der Waals surface area contributed by atoms with Gasteiger partial charge in [0.05, 0.1) is 15.7 Å². The number of nitrogens with two attached hydrogens (primary N) is 1. The lowest BCUT2D eigenvalue weighted by Gasteiger charge is -2.11. The van der Waals surface area contributed by atoms with E-state index in [0.717, 1.165) is 17.4 Å². The van der Waals surface area contributed by atoms with E-state index >= 15 is 0 Å². The van der Waals surface area contributed by atoms with Gasteiger partial charge >= 0.3 is 0 Å². The zero-order valence-corrected chi connectivity index (χ0v) is 14.2. The van der Waals surface area contributed by atoms with Crippen molar-refractivity contribution in [2.45, 2.75) is 43.8 Å². The maximum atomic E-state index is 11.9. The van der Waals surface area contributed by atoms with Crippen LogP contribution in [0.3, 0.4) is 0 Å². The summed E-state index contributed by atoms with van der Waals surface area (Å²) in [5.74, 6) is 0.969. The Morgan fingerprint density at radius 3 is 2.52 bits per heavy atom. The van der Waals surface area contributed by atoms with Crippen LogP contribution in [0, 0.1) is 0 Å². The molecule has 0 radical (unpaired) electrons. The second kappa shape index (κ2) is 8.16. The third-order valence-electron chi connectivity index (χ3n) is 3.53. The molecule has 0 aliphatic heterocycles. The lowest BCUT2D eigenvalue weighted by atomic mass is 10.2. The van der Waals surface area contributed by atoms with Crippen LogP contribution in [0.4, 0.5) is 11.4 Å². The molecule has 3 N–H and O–H groups in total. The fraction of sp³-hybridized carbons (Fsp3) is 0.533. The molecule has 0 unspecified atom stereocenters. The quantitative estimate of drug-likeness (QED) is 0.564. The van der Waals surface area contributed by atoms with Gasteiger partial charge in [-0.05, 0) is 37.1 Å². The normalized spacial score (nSPS) is 15.3. The van der Waals surface area contributed by atoms with Crippen molar-refractivity contribution < 1.29 is 4.79 Å². The van der Waals surface area contributed by atoms with Gasteiger partial charge < -0.3 is 11.1 Å². The standard InChI is InChI=1S/C15H20Cl2N2OS/c16-12-8-10(18)9-13(17)15(12)19-14(20)6-3-7-21-11-4-1-2-5-11/h8-9,11H,1-7,18H2,(H,19,20). The molecule has 6 heteroatoms. The van der Waals surface area contributed by atoms with E-state index in [4.69, 9.17) is 28.9 Å². The average molecular weight is 347 g/mol. The Balaban J connectivity index is 1.74. The van der Waals surface area contributed by atoms with Crippen molar-refractivity contribution in [1.82, 2.24) is 0 Å². The number of rotatable bonds is 6. The summed E-state index contributed by atoms with van der Waals surface area (Å²) in [6, 6.07) is 3.16. The lowest BCUT2D eigenvalue weighted by molar-refractivity contribution is -0.116. The highest BCUT2D eigenvalue weighted by molar-refractivity contribution is 7.99. The summed E-state index contributed by atoms with van der Waals surface area (Å²) >= 11 is 14.1. The summed E-state index contributed by atoms with van der Waals surface area (Å²) < 4.78 is 0. The number of hydrogen-bond donors (Lipinski definition) is 2. The zero-order valence-electron chi connectivity index (χ0n) is 11.8. The van der Waals surface area contributed by atoms with Crippen LogP contribution < -0.4 is 11.1 Å². The van der Waals surface area contributed by atoms with Crippen molar-refractivity contribution in [3.63, 3.8) is 0 Å². The van der Waals surface area contributed by atoms with Crippen LogP contribution in [-0.4, -0.2) is 16.9 Å². The molecule has 21 heavy (non-hydrogen) atoms. The Labute approximate surface area is 139 Å². The SMILES string of the molecule is Nc1cc(Cl)c(NC(=O)CCCSC2CCCC2)c(Cl)c1. The second-order valence-corrected chi connectivity index (χ2v) is 7.51. The topological polar surface area (TPSA) is 55.1 Å². The van der Waals surface area contributed by atoms with Crippen LogP contribution in [0.1, 0.15) is 38.5 Å². The number of carbonyl (C=O) groups excluding carboxylic acids is 1. The summed E-state index contributed by atoms with van der Waals surface area (Å²) in [7, 11) is 0. The Morgan fingerprint density at radius 2 is 1.90 bits per heavy atom. The zero-order chi connectivity index (χ0) is 15.2. The molecule has 1 fully saturated rings. The number of benzene rings is 1. The molecule has 0 bridgehead atoms. The number of hydrogen-bond acceptors (Lipinski definition) is 3. The molecule has 116 valence electrons. The van der Waals surface area contributed by atoms with Crippen molar-refractivity contribution in [3.05, 3.63) is 22.2 Å². The molecule has 3 nitrogen and oxygen atoms in total. The summed E-state index contributed by atoms with van der Waals surface area (Å²) in [4.78, 5) is 11.9. The average Bonchev–Trinajstić information content (AvgIpc) is 2.92. The van der Waals surface area contributed by atoms with Crippen molar-refractivity contribution in [2.24, 2.45) is 0 Å². The fourth-order valence-electron chi connectivity index (χ4n) is 2.45. The van der Waals surface area contributed by atoms with Gasteiger partial charge in [-0.1, -0.05) is 36.0 Å². The number of amides is 1. The van der Waals surface area contributed by atoms with Gasteiger partial charge in [0.2, 0.25) is 5.91 Å². The van der Waals surface area contributed by atoms with Gasteiger partial charge in [0, 0.05) is 17.4 Å². The summed E-state index contributed by atoms with van der Waals surface area (Å²) in [5.41, 5.74) is 6.56. The van der Waals surface area contributed by atoms with Gasteiger partial charge in [-0.25, -0.2) is 0 Å². The first-order valence-electron chi connectivity index (χ1n) is 7.22. The van der Waals surface area contributed by atoms with Crippen LogP contribution in [0.5, 0.6) is 0 Å². The third-order valence-corrected chi connectivity index (χ3v) is 5.60. The number of anilines is 2. The highest BCUT2D eigenvalue weighted by atomic mass is 35.5. The van der Waals surface area contributed by atoms with Gasteiger partial charge in [-0.3, -0.25) is 4.79 Å². The monoisotopic (exact) mass is 346 g/mol. The number of nitrogens with one attached hydrogen (secondary N) is 1. The molecule has 1 amide bonds. The smallest absolute Gasteiger partial charge is 0.224 e. The second-order valence-electron chi connectivity index (χ2n) is 5.29. The third kappa shape index (κ3) is 5.28. The minimum atomic E-state index is -0.0596. The Bertz CT molecular complexity index is 481. The number of thioether (sulfide) groups is 1. The predicted molar refractivity (Wildman–Crippen MR) is 93.5 cm³/mol. The molecule has 1 aliphatic carbocycles. The molecule has 1 aromatic rings. The Hall–Kier alpha value is -0.580. The first-order chi connectivity index (χ1) is 10.1. The van der Waals surface area contributed by atoms with Gasteiger partial charge in [-0.15, -0.1) is 0 Å². The highest BCUT2D eigenvalue weighted by Gasteiger charge is 2.15. The van der Waals surface area contributed by atoms with Crippen LogP contribution in [-0.2, 0) is 4.79 Å². The van der Waals surface area contributed by atoms with Crippen LogP contribution >= 0.6 is 35.0 Å². The largest absolute Gasteiger partial charge is 0.399 e. The summed E-state index contributed by atoms with van der Waals surface area (Å²) in [6.45, 7) is 0. The number of nitrogen functional groups attached to an aromatic ring is 1. The van der Waals surface area contributed by atoms with E-state index in [2.05, 4.69) is 5.32 Å². The van der Waals surface area contributed by atoms with Crippen molar-refractivity contribution >= 4 is 52.2 Å². The molecule has 0 spiro atoms. The lowest BCUT2D eigenvalue weighted by Crippen LogP contribution is -2.12. The Morgan fingerprint density at radius 1 is 1.29 bits per heavy atom. The van der Waals surface area contributed by atoms with E-state index < -0.39 is 0 Å². The van der Waals surface area contributed by atoms with Gasteiger partial charge in [0.15, 0.2) is 0 Å². The van der Waals surface area contributed by atoms with Gasteiger partial charge in [0.25, 0.3) is 0 Å². The van der Waals surface area contributed by atoms with E-state index in [1.165, 1.54) is 25.7 Å². The van der Waals surface area contributed by atoms with E-state index in [-0.39, 0.29) is 5.91 Å². The molecule has 0 aromatic heterocycles. The number of carbonyl (C=O) groups is 1. The molecule has 1 saturated carbocycles. The van der Waals surface area contributed by atoms with E-state index in [0.29, 0.717) is 27.8 Å². The first kappa shape index (κ1) is 16.8. The fourth-order valence-corrected chi connectivity index (χ4v) is 4.36. The molecule has 1 aliphatic rings. The van der Waals surface area contributed by atoms with E-state index in [1.54, 1.807) is 12.1 Å². The van der Waals surface area contributed by atoms with Crippen molar-refractivity contribution in [2.75, 3.05) is 16.8 Å².